The number of benzene rings is 1. The lowest BCUT2D eigenvalue weighted by Gasteiger charge is -2.16. The van der Waals surface area contributed by atoms with E-state index in [-0.39, 0.29) is 5.02 Å². The molecule has 3 amide bonds. The molecule has 0 aliphatic carbocycles. The van der Waals surface area contributed by atoms with Crippen LogP contribution < -0.4 is 16.4 Å². The second-order valence-electron chi connectivity index (χ2n) is 3.97. The van der Waals surface area contributed by atoms with Crippen LogP contribution in [0.2, 0.25) is 5.02 Å². The molecule has 0 saturated carbocycles. The summed E-state index contributed by atoms with van der Waals surface area (Å²) < 4.78 is 13.0. The zero-order valence-electron chi connectivity index (χ0n) is 10.4. The molecule has 0 saturated heterocycles. The number of urea groups is 1. The summed E-state index contributed by atoms with van der Waals surface area (Å²) in [5.74, 6) is -0.997. The van der Waals surface area contributed by atoms with Crippen molar-refractivity contribution in [2.24, 2.45) is 5.73 Å². The van der Waals surface area contributed by atoms with Crippen LogP contribution in [-0.2, 0) is 4.79 Å². The maximum absolute atomic E-state index is 13.0. The third-order valence-electron chi connectivity index (χ3n) is 2.40. The lowest BCUT2D eigenvalue weighted by Crippen LogP contribution is -2.46. The number of nitrogens with two attached hydrogens (primary N) is 1. The summed E-state index contributed by atoms with van der Waals surface area (Å²) in [6, 6.07) is 2.32. The summed E-state index contributed by atoms with van der Waals surface area (Å²) in [7, 11) is 0. The molecule has 0 spiro atoms. The van der Waals surface area contributed by atoms with Crippen molar-refractivity contribution < 1.29 is 14.0 Å². The maximum atomic E-state index is 13.0. The Morgan fingerprint density at radius 1 is 1.47 bits per heavy atom. The van der Waals surface area contributed by atoms with E-state index in [9.17, 15) is 14.0 Å². The number of rotatable bonds is 5. The quantitative estimate of drug-likeness (QED) is 0.776. The highest BCUT2D eigenvalue weighted by molar-refractivity contribution is 6.31. The molecule has 104 valence electrons. The average Bonchev–Trinajstić information content (AvgIpc) is 2.33. The monoisotopic (exact) mass is 287 g/mol. The van der Waals surface area contributed by atoms with Gasteiger partial charge in [0.25, 0.3) is 0 Å². The molecule has 0 bridgehead atoms. The standard InChI is InChI=1S/C12H15ClFN3O2/c1-2-3-10(17-12(15)19)11(18)16-7-4-5-9(14)8(13)6-7/h4-6,10H,2-3H2,1H3,(H,16,18)(H3,15,17,19)/t10-/m1/s1. The minimum Gasteiger partial charge on any atom is -0.352 e. The van der Waals surface area contributed by atoms with E-state index >= 15 is 0 Å². The summed E-state index contributed by atoms with van der Waals surface area (Å²) >= 11 is 5.61. The first-order valence-electron chi connectivity index (χ1n) is 5.76. The van der Waals surface area contributed by atoms with Crippen LogP contribution in [0.4, 0.5) is 14.9 Å². The molecule has 1 aromatic rings. The number of hydrogen-bond donors (Lipinski definition) is 3. The molecule has 19 heavy (non-hydrogen) atoms. The molecule has 0 aliphatic heterocycles. The fourth-order valence-electron chi connectivity index (χ4n) is 1.53. The van der Waals surface area contributed by atoms with E-state index in [1.54, 1.807) is 0 Å². The largest absolute Gasteiger partial charge is 0.352 e. The number of anilines is 1. The molecule has 0 aliphatic rings. The Kier molecular flexibility index (Phi) is 5.57. The van der Waals surface area contributed by atoms with E-state index in [0.29, 0.717) is 18.5 Å². The average molecular weight is 288 g/mol. The van der Waals surface area contributed by atoms with Crippen LogP contribution in [0.5, 0.6) is 0 Å². The van der Waals surface area contributed by atoms with E-state index in [4.69, 9.17) is 17.3 Å². The molecule has 1 aromatic carbocycles. The third kappa shape index (κ3) is 4.75. The van der Waals surface area contributed by atoms with Gasteiger partial charge in [0.2, 0.25) is 5.91 Å². The lowest BCUT2D eigenvalue weighted by atomic mass is 10.1. The predicted molar refractivity (Wildman–Crippen MR) is 71.5 cm³/mol. The van der Waals surface area contributed by atoms with Crippen molar-refractivity contribution in [1.82, 2.24) is 5.32 Å². The first-order chi connectivity index (χ1) is 8.93. The Morgan fingerprint density at radius 2 is 2.16 bits per heavy atom. The van der Waals surface area contributed by atoms with Crippen LogP contribution in [-0.4, -0.2) is 18.0 Å². The van der Waals surface area contributed by atoms with E-state index < -0.39 is 23.8 Å². The first kappa shape index (κ1) is 15.2. The van der Waals surface area contributed by atoms with Crippen molar-refractivity contribution in [1.29, 1.82) is 0 Å². The van der Waals surface area contributed by atoms with Crippen LogP contribution in [0.15, 0.2) is 18.2 Å². The van der Waals surface area contributed by atoms with Crippen molar-refractivity contribution in [3.8, 4) is 0 Å². The summed E-state index contributed by atoms with van der Waals surface area (Å²) in [6.07, 6.45) is 1.15. The van der Waals surface area contributed by atoms with Crippen LogP contribution in [0.25, 0.3) is 0 Å². The van der Waals surface area contributed by atoms with Crippen molar-refractivity contribution in [2.45, 2.75) is 25.8 Å². The van der Waals surface area contributed by atoms with Gasteiger partial charge in [-0.15, -0.1) is 0 Å². The molecule has 1 atom stereocenters. The SMILES string of the molecule is CCC[C@@H](NC(N)=O)C(=O)Nc1ccc(F)c(Cl)c1. The van der Waals surface area contributed by atoms with E-state index in [1.807, 2.05) is 6.92 Å². The normalized spacial score (nSPS) is 11.7. The van der Waals surface area contributed by atoms with Crippen LogP contribution in [0.3, 0.4) is 0 Å². The lowest BCUT2D eigenvalue weighted by molar-refractivity contribution is -0.118. The molecule has 1 rings (SSSR count). The number of amides is 3. The van der Waals surface area contributed by atoms with Crippen LogP contribution in [0, 0.1) is 5.82 Å². The molecular weight excluding hydrogens is 273 g/mol. The van der Waals surface area contributed by atoms with Gasteiger partial charge in [-0.1, -0.05) is 24.9 Å². The first-order valence-corrected chi connectivity index (χ1v) is 6.13. The number of nitrogens with one attached hydrogen (secondary N) is 2. The fourth-order valence-corrected chi connectivity index (χ4v) is 1.71. The highest BCUT2D eigenvalue weighted by Gasteiger charge is 2.19. The predicted octanol–water partition coefficient (Wildman–Crippen LogP) is 2.25. The van der Waals surface area contributed by atoms with Gasteiger partial charge >= 0.3 is 6.03 Å². The number of hydrogen-bond acceptors (Lipinski definition) is 2. The Bertz CT molecular complexity index is 482. The van der Waals surface area contributed by atoms with Crippen molar-refractivity contribution in [2.75, 3.05) is 5.32 Å². The van der Waals surface area contributed by atoms with Crippen molar-refractivity contribution in [3.63, 3.8) is 0 Å². The van der Waals surface area contributed by atoms with Gasteiger partial charge in [0.05, 0.1) is 5.02 Å². The van der Waals surface area contributed by atoms with Gasteiger partial charge in [0, 0.05) is 5.69 Å². The zero-order valence-corrected chi connectivity index (χ0v) is 11.1. The number of carbonyl (C=O) groups is 2. The van der Waals surface area contributed by atoms with Crippen molar-refractivity contribution >= 4 is 29.2 Å². The van der Waals surface area contributed by atoms with Crippen molar-refractivity contribution in [3.05, 3.63) is 29.0 Å². The smallest absolute Gasteiger partial charge is 0.312 e. The molecule has 0 fully saturated rings. The van der Waals surface area contributed by atoms with E-state index in [1.165, 1.54) is 12.1 Å². The van der Waals surface area contributed by atoms with Gasteiger partial charge in [-0.05, 0) is 24.6 Å². The minimum atomic E-state index is -0.772. The van der Waals surface area contributed by atoms with E-state index in [0.717, 1.165) is 6.07 Å². The molecule has 4 N–H and O–H groups in total. The summed E-state index contributed by atoms with van der Waals surface area (Å²) in [4.78, 5) is 22.7. The molecule has 0 radical (unpaired) electrons. The number of primary amides is 1. The summed E-state index contributed by atoms with van der Waals surface area (Å²) in [5, 5.41) is 4.80. The van der Waals surface area contributed by atoms with Gasteiger partial charge in [0.15, 0.2) is 0 Å². The van der Waals surface area contributed by atoms with Gasteiger partial charge in [-0.25, -0.2) is 9.18 Å². The van der Waals surface area contributed by atoms with Crippen LogP contribution >= 0.6 is 11.6 Å². The Hall–Kier alpha value is -1.82. The summed E-state index contributed by atoms with van der Waals surface area (Å²) in [5.41, 5.74) is 5.35. The summed E-state index contributed by atoms with van der Waals surface area (Å²) in [6.45, 7) is 1.87. The van der Waals surface area contributed by atoms with Crippen LogP contribution in [0.1, 0.15) is 19.8 Å². The Morgan fingerprint density at radius 3 is 2.68 bits per heavy atom. The molecule has 0 aromatic heterocycles. The number of carbonyl (C=O) groups excluding carboxylic acids is 2. The molecular formula is C12H15ClFN3O2. The maximum Gasteiger partial charge on any atom is 0.312 e. The highest BCUT2D eigenvalue weighted by Crippen LogP contribution is 2.19. The van der Waals surface area contributed by atoms with E-state index in [2.05, 4.69) is 10.6 Å². The van der Waals surface area contributed by atoms with Gasteiger partial charge < -0.3 is 16.4 Å². The topological polar surface area (TPSA) is 84.2 Å². The molecule has 0 unspecified atom stereocenters. The zero-order chi connectivity index (χ0) is 14.4. The van der Waals surface area contributed by atoms with Gasteiger partial charge in [-0.2, -0.15) is 0 Å². The second kappa shape index (κ2) is 6.94. The highest BCUT2D eigenvalue weighted by atomic mass is 35.5. The van der Waals surface area contributed by atoms with Gasteiger partial charge in [0.1, 0.15) is 11.9 Å². The molecule has 5 nitrogen and oxygen atoms in total. The van der Waals surface area contributed by atoms with Gasteiger partial charge in [-0.3, -0.25) is 4.79 Å². The molecule has 7 heteroatoms. The Labute approximate surface area is 115 Å². The minimum absolute atomic E-state index is 0.0901. The Balaban J connectivity index is 2.74. The molecule has 0 heterocycles. The third-order valence-corrected chi connectivity index (χ3v) is 2.69. The second-order valence-corrected chi connectivity index (χ2v) is 4.38. The fraction of sp³-hybridized carbons (Fsp3) is 0.333. The number of halogens is 2.